The summed E-state index contributed by atoms with van der Waals surface area (Å²) in [4.78, 5) is 13.6. The lowest BCUT2D eigenvalue weighted by atomic mass is 10.0. The predicted molar refractivity (Wildman–Crippen MR) is 78.7 cm³/mol. The van der Waals surface area contributed by atoms with Crippen LogP contribution in [0.1, 0.15) is 17.5 Å². The Kier molecular flexibility index (Phi) is 4.68. The van der Waals surface area contributed by atoms with Crippen LogP contribution in [0, 0.1) is 6.92 Å². The van der Waals surface area contributed by atoms with Gasteiger partial charge in [-0.1, -0.05) is 6.08 Å². The molecule has 0 saturated heterocycles. The predicted octanol–water partition coefficient (Wildman–Crippen LogP) is 2.79. The van der Waals surface area contributed by atoms with E-state index in [-0.39, 0.29) is 12.7 Å². The molecule has 2 rings (SSSR count). The first-order chi connectivity index (χ1) is 9.54. The van der Waals surface area contributed by atoms with E-state index in [0.717, 1.165) is 22.6 Å². The third-order valence-corrected chi connectivity index (χ3v) is 3.66. The molecule has 0 saturated carbocycles. The van der Waals surface area contributed by atoms with Crippen LogP contribution >= 0.6 is 11.6 Å². The molecule has 0 spiro atoms. The number of nitrogens with zero attached hydrogens (tertiary/aromatic N) is 1. The van der Waals surface area contributed by atoms with Gasteiger partial charge >= 0.3 is 0 Å². The fourth-order valence-electron chi connectivity index (χ4n) is 2.21. The molecular formula is C15H18ClNO3. The molecule has 0 fully saturated rings. The summed E-state index contributed by atoms with van der Waals surface area (Å²) in [6, 6.07) is 5.75. The van der Waals surface area contributed by atoms with Crippen LogP contribution in [-0.4, -0.2) is 37.1 Å². The summed E-state index contributed by atoms with van der Waals surface area (Å²) >= 11 is 5.97. The number of benzene rings is 1. The number of rotatable bonds is 4. The number of carbonyl (C=O) groups excluding carboxylic acids is 1. The van der Waals surface area contributed by atoms with E-state index in [4.69, 9.17) is 21.1 Å². The zero-order valence-corrected chi connectivity index (χ0v) is 12.6. The van der Waals surface area contributed by atoms with Gasteiger partial charge in [-0.05, 0) is 37.1 Å². The largest absolute Gasteiger partial charge is 0.468 e. The second-order valence-corrected chi connectivity index (χ2v) is 5.24. The molecule has 0 bridgehead atoms. The van der Waals surface area contributed by atoms with Gasteiger partial charge in [0.2, 0.25) is 5.91 Å². The Balaban J connectivity index is 2.27. The van der Waals surface area contributed by atoms with Crippen LogP contribution in [0.15, 0.2) is 24.3 Å². The fourth-order valence-corrected chi connectivity index (χ4v) is 2.45. The Morgan fingerprint density at radius 1 is 1.45 bits per heavy atom. The van der Waals surface area contributed by atoms with Crippen molar-refractivity contribution in [1.29, 1.82) is 0 Å². The van der Waals surface area contributed by atoms with Gasteiger partial charge < -0.3 is 14.4 Å². The second kappa shape index (κ2) is 6.29. The van der Waals surface area contributed by atoms with Gasteiger partial charge in [-0.15, -0.1) is 11.6 Å². The fraction of sp³-hybridized carbons (Fsp3) is 0.400. The molecule has 1 heterocycles. The highest BCUT2D eigenvalue weighted by atomic mass is 35.5. The number of methoxy groups -OCH3 is 1. The Labute approximate surface area is 123 Å². The van der Waals surface area contributed by atoms with E-state index in [9.17, 15) is 4.79 Å². The van der Waals surface area contributed by atoms with E-state index in [2.05, 4.69) is 0 Å². The number of amides is 1. The average Bonchev–Trinajstić information content (AvgIpc) is 2.44. The van der Waals surface area contributed by atoms with E-state index in [0.29, 0.717) is 6.42 Å². The summed E-state index contributed by atoms with van der Waals surface area (Å²) in [5, 5.41) is -0.464. The monoisotopic (exact) mass is 295 g/mol. The molecule has 0 N–H and O–H groups in total. The van der Waals surface area contributed by atoms with Gasteiger partial charge in [0, 0.05) is 25.4 Å². The maximum Gasteiger partial charge on any atom is 0.245 e. The summed E-state index contributed by atoms with van der Waals surface area (Å²) in [7, 11) is 3.33. The summed E-state index contributed by atoms with van der Waals surface area (Å²) < 4.78 is 10.3. The van der Waals surface area contributed by atoms with Crippen molar-refractivity contribution >= 4 is 23.2 Å². The minimum Gasteiger partial charge on any atom is -0.468 e. The highest BCUT2D eigenvalue weighted by molar-refractivity contribution is 6.31. The number of alkyl halides is 1. The highest BCUT2D eigenvalue weighted by Gasteiger charge is 2.27. The molecule has 0 aromatic heterocycles. The van der Waals surface area contributed by atoms with Gasteiger partial charge in [-0.2, -0.15) is 0 Å². The number of ether oxygens (including phenoxy) is 2. The van der Waals surface area contributed by atoms with Crippen LogP contribution in [0.2, 0.25) is 0 Å². The molecule has 0 aliphatic carbocycles. The van der Waals surface area contributed by atoms with Crippen molar-refractivity contribution in [3.05, 3.63) is 35.4 Å². The number of allylic oxidation sites excluding steroid dienone is 1. The molecule has 1 aliphatic rings. The van der Waals surface area contributed by atoms with Gasteiger partial charge in [0.15, 0.2) is 6.79 Å². The maximum absolute atomic E-state index is 11.9. The minimum atomic E-state index is -0.464. The summed E-state index contributed by atoms with van der Waals surface area (Å²) in [6.07, 6.45) is 2.55. The molecule has 1 aromatic carbocycles. The average molecular weight is 296 g/mol. The molecule has 20 heavy (non-hydrogen) atoms. The maximum atomic E-state index is 11.9. The molecule has 1 aromatic rings. The van der Waals surface area contributed by atoms with Crippen LogP contribution in [-0.2, 0) is 9.53 Å². The zero-order chi connectivity index (χ0) is 14.7. The van der Waals surface area contributed by atoms with Gasteiger partial charge in [0.25, 0.3) is 0 Å². The Morgan fingerprint density at radius 2 is 2.20 bits per heavy atom. The molecule has 1 unspecified atom stereocenters. The van der Waals surface area contributed by atoms with Crippen LogP contribution in [0.5, 0.6) is 5.75 Å². The van der Waals surface area contributed by atoms with E-state index in [1.165, 1.54) is 0 Å². The minimum absolute atomic E-state index is 0.0664. The molecular weight excluding hydrogens is 278 g/mol. The van der Waals surface area contributed by atoms with Gasteiger partial charge in [-0.25, -0.2) is 0 Å². The third kappa shape index (κ3) is 2.97. The lowest BCUT2D eigenvalue weighted by Crippen LogP contribution is -2.35. The molecule has 1 atom stereocenters. The molecule has 108 valence electrons. The van der Waals surface area contributed by atoms with E-state index in [1.807, 2.05) is 31.2 Å². The SMILES string of the molecule is COCOc1ccc(C2=CCC(Cl)C(=O)N2C)c(C)c1. The van der Waals surface area contributed by atoms with Crippen molar-refractivity contribution in [2.75, 3.05) is 21.0 Å². The summed E-state index contributed by atoms with van der Waals surface area (Å²) in [5.74, 6) is 0.678. The lowest BCUT2D eigenvalue weighted by molar-refractivity contribution is -0.126. The van der Waals surface area contributed by atoms with E-state index in [1.54, 1.807) is 19.1 Å². The standard InChI is InChI=1S/C15H18ClNO3/c1-10-8-11(20-9-19-3)4-5-12(10)14-7-6-13(16)15(18)17(14)2/h4-5,7-8,13H,6,9H2,1-3H3. The van der Waals surface area contributed by atoms with Crippen molar-refractivity contribution in [3.8, 4) is 5.75 Å². The van der Waals surface area contributed by atoms with Crippen LogP contribution < -0.4 is 4.74 Å². The Morgan fingerprint density at radius 3 is 2.85 bits per heavy atom. The number of carbonyl (C=O) groups is 1. The summed E-state index contributed by atoms with van der Waals surface area (Å²) in [5.41, 5.74) is 2.94. The summed E-state index contributed by atoms with van der Waals surface area (Å²) in [6.45, 7) is 2.20. The number of hydrogen-bond donors (Lipinski definition) is 0. The molecule has 0 radical (unpaired) electrons. The van der Waals surface area contributed by atoms with E-state index < -0.39 is 5.38 Å². The Hall–Kier alpha value is -1.52. The highest BCUT2D eigenvalue weighted by Crippen LogP contribution is 2.30. The third-order valence-electron chi connectivity index (χ3n) is 3.30. The van der Waals surface area contributed by atoms with E-state index >= 15 is 0 Å². The van der Waals surface area contributed by atoms with Crippen molar-refractivity contribution < 1.29 is 14.3 Å². The van der Waals surface area contributed by atoms with Crippen LogP contribution in [0.4, 0.5) is 0 Å². The first kappa shape index (κ1) is 14.9. The number of halogens is 1. The first-order valence-corrected chi connectivity index (χ1v) is 6.82. The molecule has 5 heteroatoms. The quantitative estimate of drug-likeness (QED) is 0.633. The van der Waals surface area contributed by atoms with Crippen molar-refractivity contribution in [1.82, 2.24) is 4.90 Å². The van der Waals surface area contributed by atoms with Gasteiger partial charge in [0.05, 0.1) is 0 Å². The molecule has 4 nitrogen and oxygen atoms in total. The smallest absolute Gasteiger partial charge is 0.245 e. The topological polar surface area (TPSA) is 38.8 Å². The van der Waals surface area contributed by atoms with Crippen molar-refractivity contribution in [2.45, 2.75) is 18.7 Å². The zero-order valence-electron chi connectivity index (χ0n) is 11.9. The lowest BCUT2D eigenvalue weighted by Gasteiger charge is -2.28. The normalized spacial score (nSPS) is 19.0. The molecule has 1 aliphatic heterocycles. The number of hydrogen-bond acceptors (Lipinski definition) is 3. The van der Waals surface area contributed by atoms with Crippen molar-refractivity contribution in [2.24, 2.45) is 0 Å². The Bertz CT molecular complexity index is 542. The van der Waals surface area contributed by atoms with Crippen LogP contribution in [0.3, 0.4) is 0 Å². The van der Waals surface area contributed by atoms with Crippen LogP contribution in [0.25, 0.3) is 5.70 Å². The van der Waals surface area contributed by atoms with Gasteiger partial charge in [-0.3, -0.25) is 4.79 Å². The second-order valence-electron chi connectivity index (χ2n) is 4.72. The van der Waals surface area contributed by atoms with Crippen molar-refractivity contribution in [3.63, 3.8) is 0 Å². The van der Waals surface area contributed by atoms with Gasteiger partial charge in [0.1, 0.15) is 11.1 Å². The number of aryl methyl sites for hydroxylation is 1. The first-order valence-electron chi connectivity index (χ1n) is 6.39. The molecule has 1 amide bonds.